The maximum atomic E-state index is 11.3. The lowest BCUT2D eigenvalue weighted by molar-refractivity contribution is 0.0699. The summed E-state index contributed by atoms with van der Waals surface area (Å²) in [7, 11) is 0. The highest BCUT2D eigenvalue weighted by molar-refractivity contribution is 6.34. The van der Waals surface area contributed by atoms with Gasteiger partial charge in [0.05, 0.1) is 10.6 Å². The van der Waals surface area contributed by atoms with Crippen LogP contribution in [0.2, 0.25) is 5.02 Å². The molecule has 1 atom stereocenters. The Balaban J connectivity index is 1.76. The Morgan fingerprint density at radius 3 is 2.67 bits per heavy atom. The maximum Gasteiger partial charge on any atom is 0.337 e. The average molecular weight is 341 g/mol. The Morgan fingerprint density at radius 1 is 1.21 bits per heavy atom. The summed E-state index contributed by atoms with van der Waals surface area (Å²) < 4.78 is 0. The van der Waals surface area contributed by atoms with E-state index >= 15 is 0 Å². The molecule has 1 saturated heterocycles. The van der Waals surface area contributed by atoms with Gasteiger partial charge in [0.15, 0.2) is 0 Å². The van der Waals surface area contributed by atoms with E-state index in [1.54, 1.807) is 6.07 Å². The molecule has 0 bridgehead atoms. The minimum absolute atomic E-state index is 0.261. The van der Waals surface area contributed by atoms with Gasteiger partial charge in [-0.2, -0.15) is 0 Å². The molecule has 1 aliphatic heterocycles. The van der Waals surface area contributed by atoms with Crippen molar-refractivity contribution in [1.82, 2.24) is 10.3 Å². The summed E-state index contributed by atoms with van der Waals surface area (Å²) in [5, 5.41) is 14.0. The molecular weight excluding hydrogens is 324 g/mol. The number of carboxylic acid groups (broad SMARTS) is 1. The van der Waals surface area contributed by atoms with Gasteiger partial charge in [-0.1, -0.05) is 35.9 Å². The monoisotopic (exact) mass is 340 g/mol. The predicted molar refractivity (Wildman–Crippen MR) is 95.9 cm³/mol. The van der Waals surface area contributed by atoms with Crippen molar-refractivity contribution in [2.75, 3.05) is 13.1 Å². The van der Waals surface area contributed by atoms with Gasteiger partial charge in [0.1, 0.15) is 0 Å². The average Bonchev–Trinajstić information content (AvgIpc) is 3.23. The van der Waals surface area contributed by atoms with Crippen LogP contribution in [0.25, 0.3) is 22.0 Å². The van der Waals surface area contributed by atoms with Gasteiger partial charge in [-0.3, -0.25) is 0 Å². The number of benzene rings is 2. The largest absolute Gasteiger partial charge is 0.478 e. The Hall–Kier alpha value is -2.30. The summed E-state index contributed by atoms with van der Waals surface area (Å²) >= 11 is 6.42. The van der Waals surface area contributed by atoms with Crippen LogP contribution in [-0.2, 0) is 0 Å². The number of hydrogen-bond donors (Lipinski definition) is 3. The Labute approximate surface area is 144 Å². The second-order valence-electron chi connectivity index (χ2n) is 6.20. The van der Waals surface area contributed by atoms with Crippen molar-refractivity contribution >= 4 is 28.5 Å². The fourth-order valence-corrected chi connectivity index (χ4v) is 3.69. The Morgan fingerprint density at radius 2 is 2.00 bits per heavy atom. The first-order valence-electron chi connectivity index (χ1n) is 7.98. The Kier molecular flexibility index (Phi) is 3.79. The lowest BCUT2D eigenvalue weighted by Crippen LogP contribution is -2.07. The molecule has 2 heterocycles. The number of aromatic carboxylic acids is 1. The summed E-state index contributed by atoms with van der Waals surface area (Å²) in [6.07, 6.45) is 2.67. The molecule has 2 aromatic carbocycles. The minimum atomic E-state index is -0.946. The second-order valence-corrected chi connectivity index (χ2v) is 6.60. The van der Waals surface area contributed by atoms with Gasteiger partial charge in [-0.05, 0) is 42.1 Å². The van der Waals surface area contributed by atoms with Crippen LogP contribution < -0.4 is 5.32 Å². The van der Waals surface area contributed by atoms with Crippen LogP contribution in [0.5, 0.6) is 0 Å². The van der Waals surface area contributed by atoms with Crippen LogP contribution in [0.3, 0.4) is 0 Å². The van der Waals surface area contributed by atoms with Crippen molar-refractivity contribution in [2.24, 2.45) is 0 Å². The summed E-state index contributed by atoms with van der Waals surface area (Å²) in [4.78, 5) is 14.3. The normalized spacial score (nSPS) is 17.5. The zero-order valence-corrected chi connectivity index (χ0v) is 13.7. The number of fused-ring (bicyclic) bond motifs is 1. The lowest BCUT2D eigenvalue weighted by atomic mass is 9.95. The summed E-state index contributed by atoms with van der Waals surface area (Å²) in [6, 6.07) is 12.0. The zero-order chi connectivity index (χ0) is 16.7. The number of carboxylic acids is 1. The summed E-state index contributed by atoms with van der Waals surface area (Å²) in [6.45, 7) is 2.09. The number of aromatic nitrogens is 1. The van der Waals surface area contributed by atoms with E-state index in [-0.39, 0.29) is 5.56 Å². The fourth-order valence-electron chi connectivity index (χ4n) is 3.42. The molecular formula is C19H17ClN2O2. The van der Waals surface area contributed by atoms with E-state index in [1.165, 1.54) is 11.8 Å². The van der Waals surface area contributed by atoms with Gasteiger partial charge >= 0.3 is 5.97 Å². The van der Waals surface area contributed by atoms with Crippen LogP contribution in [0.1, 0.15) is 28.3 Å². The van der Waals surface area contributed by atoms with E-state index < -0.39 is 5.97 Å². The molecule has 4 rings (SSSR count). The first kappa shape index (κ1) is 15.2. The van der Waals surface area contributed by atoms with Crippen LogP contribution in [-0.4, -0.2) is 29.1 Å². The SMILES string of the molecule is O=C(O)c1c[nH]c2cc(Cl)c(-c3ccc([C@H]4CCNC4)cc3)cc12. The lowest BCUT2D eigenvalue weighted by Gasteiger charge is -2.11. The number of halogens is 1. The van der Waals surface area contributed by atoms with E-state index in [4.69, 9.17) is 11.6 Å². The van der Waals surface area contributed by atoms with Crippen LogP contribution in [0, 0.1) is 0 Å². The number of rotatable bonds is 3. The van der Waals surface area contributed by atoms with Crippen molar-refractivity contribution in [3.8, 4) is 11.1 Å². The molecule has 0 amide bonds. The maximum absolute atomic E-state index is 11.3. The van der Waals surface area contributed by atoms with E-state index in [0.29, 0.717) is 16.3 Å². The van der Waals surface area contributed by atoms with E-state index in [9.17, 15) is 9.90 Å². The van der Waals surface area contributed by atoms with Crippen molar-refractivity contribution in [2.45, 2.75) is 12.3 Å². The van der Waals surface area contributed by atoms with Gasteiger partial charge < -0.3 is 15.4 Å². The molecule has 0 unspecified atom stereocenters. The van der Waals surface area contributed by atoms with Crippen molar-refractivity contribution in [3.05, 3.63) is 58.7 Å². The zero-order valence-electron chi connectivity index (χ0n) is 13.0. The van der Waals surface area contributed by atoms with Crippen LogP contribution in [0.4, 0.5) is 0 Å². The van der Waals surface area contributed by atoms with Gasteiger partial charge in [0.2, 0.25) is 0 Å². The Bertz CT molecular complexity index is 909. The highest BCUT2D eigenvalue weighted by Gasteiger charge is 2.17. The molecule has 24 heavy (non-hydrogen) atoms. The highest BCUT2D eigenvalue weighted by atomic mass is 35.5. The molecule has 0 aliphatic carbocycles. The van der Waals surface area contributed by atoms with Gasteiger partial charge in [0.25, 0.3) is 0 Å². The van der Waals surface area contributed by atoms with Crippen molar-refractivity contribution in [1.29, 1.82) is 0 Å². The molecule has 1 aromatic heterocycles. The first-order chi connectivity index (χ1) is 11.6. The third kappa shape index (κ3) is 2.58. The molecule has 3 N–H and O–H groups in total. The third-order valence-electron chi connectivity index (χ3n) is 4.75. The standard InChI is InChI=1S/C19H17ClN2O2/c20-17-8-18-15(16(10-22-18)19(23)24)7-14(17)12-3-1-11(2-4-12)13-5-6-21-9-13/h1-4,7-8,10,13,21-22H,5-6,9H2,(H,23,24)/t13-/m0/s1. The van der Waals surface area contributed by atoms with Gasteiger partial charge in [-0.25, -0.2) is 4.79 Å². The van der Waals surface area contributed by atoms with Gasteiger partial charge in [-0.15, -0.1) is 0 Å². The minimum Gasteiger partial charge on any atom is -0.478 e. The summed E-state index contributed by atoms with van der Waals surface area (Å²) in [5.41, 5.74) is 4.16. The molecule has 0 radical (unpaired) electrons. The quantitative estimate of drug-likeness (QED) is 0.667. The second kappa shape index (κ2) is 5.96. The van der Waals surface area contributed by atoms with E-state index in [2.05, 4.69) is 34.6 Å². The topological polar surface area (TPSA) is 65.1 Å². The number of H-pyrrole nitrogens is 1. The van der Waals surface area contributed by atoms with Crippen molar-refractivity contribution in [3.63, 3.8) is 0 Å². The third-order valence-corrected chi connectivity index (χ3v) is 5.07. The smallest absolute Gasteiger partial charge is 0.337 e. The molecule has 4 nitrogen and oxygen atoms in total. The molecule has 1 aliphatic rings. The number of aromatic amines is 1. The molecule has 0 spiro atoms. The van der Waals surface area contributed by atoms with Gasteiger partial charge in [0, 0.05) is 29.2 Å². The predicted octanol–water partition coefficient (Wildman–Crippen LogP) is 4.26. The first-order valence-corrected chi connectivity index (χ1v) is 8.36. The molecule has 122 valence electrons. The van der Waals surface area contributed by atoms with E-state index in [1.807, 2.05) is 6.07 Å². The van der Waals surface area contributed by atoms with Crippen LogP contribution in [0.15, 0.2) is 42.6 Å². The number of nitrogens with one attached hydrogen (secondary N) is 2. The molecule has 1 fully saturated rings. The molecule has 0 saturated carbocycles. The van der Waals surface area contributed by atoms with E-state index in [0.717, 1.165) is 36.2 Å². The van der Waals surface area contributed by atoms with Crippen molar-refractivity contribution < 1.29 is 9.90 Å². The summed E-state index contributed by atoms with van der Waals surface area (Å²) in [5.74, 6) is -0.376. The number of carbonyl (C=O) groups is 1. The molecule has 3 aromatic rings. The van der Waals surface area contributed by atoms with Crippen LogP contribution >= 0.6 is 11.6 Å². The fraction of sp³-hybridized carbons (Fsp3) is 0.211. The number of hydrogen-bond acceptors (Lipinski definition) is 2. The molecule has 5 heteroatoms. The highest BCUT2D eigenvalue weighted by Crippen LogP contribution is 2.34.